The van der Waals surface area contributed by atoms with Gasteiger partial charge in [-0.25, -0.2) is 0 Å². The summed E-state index contributed by atoms with van der Waals surface area (Å²) in [5, 5.41) is 15.1. The number of para-hydroxylation sites is 1. The monoisotopic (exact) mass is 476 g/mol. The quantitative estimate of drug-likeness (QED) is 0.291. The van der Waals surface area contributed by atoms with Gasteiger partial charge in [0.05, 0.1) is 12.4 Å². The first kappa shape index (κ1) is 22.8. The van der Waals surface area contributed by atoms with Crippen molar-refractivity contribution < 1.29 is 9.53 Å². The van der Waals surface area contributed by atoms with Crippen molar-refractivity contribution in [3.63, 3.8) is 0 Å². The molecule has 3 aromatic carbocycles. The van der Waals surface area contributed by atoms with Gasteiger partial charge in [-0.2, -0.15) is 0 Å². The van der Waals surface area contributed by atoms with Crippen molar-refractivity contribution in [2.24, 2.45) is 0 Å². The van der Waals surface area contributed by atoms with Gasteiger partial charge < -0.3 is 15.4 Å². The van der Waals surface area contributed by atoms with Crippen molar-refractivity contribution in [2.45, 2.75) is 23.1 Å². The van der Waals surface area contributed by atoms with Crippen molar-refractivity contribution in [3.05, 3.63) is 84.4 Å². The Morgan fingerprint density at radius 2 is 1.73 bits per heavy atom. The van der Waals surface area contributed by atoms with E-state index in [4.69, 9.17) is 4.74 Å². The summed E-state index contributed by atoms with van der Waals surface area (Å²) in [6.45, 7) is 2.51. The number of nitrogens with one attached hydrogen (secondary N) is 2. The van der Waals surface area contributed by atoms with Crippen molar-refractivity contribution in [2.75, 3.05) is 17.7 Å². The average molecular weight is 477 g/mol. The van der Waals surface area contributed by atoms with Crippen LogP contribution in [0.25, 0.3) is 11.1 Å². The van der Waals surface area contributed by atoms with Gasteiger partial charge in [-0.05, 0) is 36.2 Å². The molecule has 8 heteroatoms. The van der Waals surface area contributed by atoms with Crippen LogP contribution in [0.2, 0.25) is 0 Å². The summed E-state index contributed by atoms with van der Waals surface area (Å²) < 4.78 is 5.92. The van der Waals surface area contributed by atoms with E-state index in [9.17, 15) is 4.79 Å². The third kappa shape index (κ3) is 6.12. The highest BCUT2D eigenvalue weighted by Gasteiger charge is 2.18. The molecule has 0 fully saturated rings. The summed E-state index contributed by atoms with van der Waals surface area (Å²) in [5.41, 5.74) is 3.96. The molecule has 0 radical (unpaired) electrons. The third-order valence-electron chi connectivity index (χ3n) is 4.93. The normalized spacial score (nSPS) is 11.6. The van der Waals surface area contributed by atoms with Gasteiger partial charge in [0, 0.05) is 17.8 Å². The van der Waals surface area contributed by atoms with Gasteiger partial charge in [-0.15, -0.1) is 10.2 Å². The molecule has 0 bridgehead atoms. The Balaban J connectivity index is 1.34. The molecule has 0 aliphatic heterocycles. The standard InChI is InChI=1S/C25H24N4O2S2/c1-17(23(30)27-22-11-7-6-10-21(22)19-8-4-3-5-9-19)32-25-29-28-24(33-25)26-16-18-12-14-20(31-2)15-13-18/h3-15,17H,16H2,1-2H3,(H,26,28)(H,27,30)/t17-/m0/s1. The Morgan fingerprint density at radius 1 is 1.00 bits per heavy atom. The number of carbonyl (C=O) groups excluding carboxylic acids is 1. The molecule has 1 heterocycles. The van der Waals surface area contributed by atoms with Gasteiger partial charge in [0.15, 0.2) is 4.34 Å². The predicted octanol–water partition coefficient (Wildman–Crippen LogP) is 5.95. The number of nitrogens with zero attached hydrogens (tertiary/aromatic N) is 2. The summed E-state index contributed by atoms with van der Waals surface area (Å²) in [4.78, 5) is 12.9. The summed E-state index contributed by atoms with van der Waals surface area (Å²) in [7, 11) is 1.65. The first-order valence-corrected chi connectivity index (χ1v) is 12.1. The number of anilines is 2. The average Bonchev–Trinajstić information content (AvgIpc) is 3.31. The van der Waals surface area contributed by atoms with Crippen molar-refractivity contribution in [1.29, 1.82) is 0 Å². The van der Waals surface area contributed by atoms with E-state index in [0.717, 1.165) is 37.6 Å². The molecule has 0 saturated carbocycles. The number of thioether (sulfide) groups is 1. The highest BCUT2D eigenvalue weighted by atomic mass is 32.2. The van der Waals surface area contributed by atoms with Crippen LogP contribution in [0.15, 0.2) is 83.2 Å². The molecule has 33 heavy (non-hydrogen) atoms. The van der Waals surface area contributed by atoms with Crippen molar-refractivity contribution in [3.8, 4) is 16.9 Å². The highest BCUT2D eigenvalue weighted by Crippen LogP contribution is 2.31. The number of hydrogen-bond acceptors (Lipinski definition) is 7. The topological polar surface area (TPSA) is 76.1 Å². The molecule has 6 nitrogen and oxygen atoms in total. The zero-order chi connectivity index (χ0) is 23.0. The van der Waals surface area contributed by atoms with Crippen LogP contribution in [-0.4, -0.2) is 28.5 Å². The van der Waals surface area contributed by atoms with Crippen LogP contribution in [0.3, 0.4) is 0 Å². The van der Waals surface area contributed by atoms with Gasteiger partial charge in [-0.3, -0.25) is 4.79 Å². The molecule has 1 aromatic heterocycles. The fourth-order valence-corrected chi connectivity index (χ4v) is 5.04. The number of ether oxygens (including phenoxy) is 1. The zero-order valence-electron chi connectivity index (χ0n) is 18.3. The van der Waals surface area contributed by atoms with Crippen LogP contribution in [0, 0.1) is 0 Å². The first-order valence-electron chi connectivity index (χ1n) is 10.4. The summed E-state index contributed by atoms with van der Waals surface area (Å²) in [6, 6.07) is 25.7. The van der Waals surface area contributed by atoms with E-state index in [1.54, 1.807) is 7.11 Å². The second-order valence-electron chi connectivity index (χ2n) is 7.24. The molecule has 1 atom stereocenters. The van der Waals surface area contributed by atoms with E-state index in [1.165, 1.54) is 23.1 Å². The van der Waals surface area contributed by atoms with Crippen LogP contribution >= 0.6 is 23.1 Å². The molecule has 4 rings (SSSR count). The van der Waals surface area contributed by atoms with Gasteiger partial charge in [0.2, 0.25) is 11.0 Å². The zero-order valence-corrected chi connectivity index (χ0v) is 20.0. The van der Waals surface area contributed by atoms with Crippen LogP contribution in [0.4, 0.5) is 10.8 Å². The maximum Gasteiger partial charge on any atom is 0.237 e. The Morgan fingerprint density at radius 3 is 2.48 bits per heavy atom. The van der Waals surface area contributed by atoms with Crippen LogP contribution < -0.4 is 15.4 Å². The van der Waals surface area contributed by atoms with Crippen molar-refractivity contribution in [1.82, 2.24) is 10.2 Å². The fourth-order valence-electron chi connectivity index (χ4n) is 3.15. The Hall–Kier alpha value is -3.36. The minimum Gasteiger partial charge on any atom is -0.497 e. The number of amides is 1. The van der Waals surface area contributed by atoms with Gasteiger partial charge in [0.25, 0.3) is 0 Å². The first-order chi connectivity index (χ1) is 16.1. The number of hydrogen-bond donors (Lipinski definition) is 2. The van der Waals surface area contributed by atoms with E-state index in [0.29, 0.717) is 6.54 Å². The lowest BCUT2D eigenvalue weighted by atomic mass is 10.0. The maximum atomic E-state index is 12.9. The second-order valence-corrected chi connectivity index (χ2v) is 9.80. The van der Waals surface area contributed by atoms with Crippen LogP contribution in [0.5, 0.6) is 5.75 Å². The molecule has 0 aliphatic rings. The van der Waals surface area contributed by atoms with Crippen LogP contribution in [0.1, 0.15) is 12.5 Å². The Labute approximate surface area is 201 Å². The third-order valence-corrected chi connectivity index (χ3v) is 6.99. The van der Waals surface area contributed by atoms with E-state index in [-0.39, 0.29) is 11.2 Å². The lowest BCUT2D eigenvalue weighted by Crippen LogP contribution is -2.22. The van der Waals surface area contributed by atoms with Crippen molar-refractivity contribution >= 4 is 39.8 Å². The van der Waals surface area contributed by atoms with E-state index < -0.39 is 0 Å². The molecule has 0 spiro atoms. The maximum absolute atomic E-state index is 12.9. The van der Waals surface area contributed by atoms with Gasteiger partial charge >= 0.3 is 0 Å². The lowest BCUT2D eigenvalue weighted by Gasteiger charge is -2.14. The van der Waals surface area contributed by atoms with E-state index in [2.05, 4.69) is 20.8 Å². The number of methoxy groups -OCH3 is 1. The molecule has 4 aromatic rings. The Bertz CT molecular complexity index is 1200. The molecule has 0 saturated heterocycles. The minimum absolute atomic E-state index is 0.0775. The number of benzene rings is 3. The summed E-state index contributed by atoms with van der Waals surface area (Å²) in [6.07, 6.45) is 0. The molecule has 0 unspecified atom stereocenters. The molecule has 1 amide bonds. The predicted molar refractivity (Wildman–Crippen MR) is 136 cm³/mol. The molecule has 168 valence electrons. The fraction of sp³-hybridized carbons (Fsp3) is 0.160. The largest absolute Gasteiger partial charge is 0.497 e. The number of rotatable bonds is 9. The number of aromatic nitrogens is 2. The minimum atomic E-state index is -0.323. The lowest BCUT2D eigenvalue weighted by molar-refractivity contribution is -0.115. The van der Waals surface area contributed by atoms with Gasteiger partial charge in [-0.1, -0.05) is 83.8 Å². The van der Waals surface area contributed by atoms with Crippen LogP contribution in [-0.2, 0) is 11.3 Å². The molecular formula is C25H24N4O2S2. The molecule has 2 N–H and O–H groups in total. The molecule has 0 aliphatic carbocycles. The second kappa shape index (κ2) is 11.0. The Kier molecular flexibility index (Phi) is 7.59. The van der Waals surface area contributed by atoms with Gasteiger partial charge in [0.1, 0.15) is 5.75 Å². The highest BCUT2D eigenvalue weighted by molar-refractivity contribution is 8.02. The number of carbonyl (C=O) groups is 1. The summed E-state index contributed by atoms with van der Waals surface area (Å²) in [5.74, 6) is 0.748. The van der Waals surface area contributed by atoms with E-state index in [1.807, 2.05) is 85.8 Å². The smallest absolute Gasteiger partial charge is 0.237 e. The van der Waals surface area contributed by atoms with E-state index >= 15 is 0 Å². The SMILES string of the molecule is COc1ccc(CNc2nnc(S[C@@H](C)C(=O)Nc3ccccc3-c3ccccc3)s2)cc1. The summed E-state index contributed by atoms with van der Waals surface area (Å²) >= 11 is 2.83. The molecular weight excluding hydrogens is 452 g/mol.